The molecule has 2 aromatic carbocycles. The van der Waals surface area contributed by atoms with Crippen LogP contribution < -0.4 is 0 Å². The van der Waals surface area contributed by atoms with Crippen LogP contribution in [-0.2, 0) is 13.1 Å². The molecule has 0 fully saturated rings. The monoisotopic (exact) mass is 297 g/mol. The van der Waals surface area contributed by atoms with Crippen LogP contribution in [0.15, 0.2) is 73.3 Å². The summed E-state index contributed by atoms with van der Waals surface area (Å²) in [6.45, 7) is 4.84. The van der Waals surface area contributed by atoms with E-state index in [0.29, 0.717) is 13.1 Å². The first-order chi connectivity index (χ1) is 10.7. The third-order valence-electron chi connectivity index (χ3n) is 3.75. The predicted octanol–water partition coefficient (Wildman–Crippen LogP) is 2.60. The minimum Gasteiger partial charge on any atom is -0.395 e. The van der Waals surface area contributed by atoms with Crippen LogP contribution >= 0.6 is 0 Å². The van der Waals surface area contributed by atoms with Crippen molar-refractivity contribution >= 4 is 0 Å². The van der Waals surface area contributed by atoms with E-state index in [1.165, 1.54) is 6.08 Å². The van der Waals surface area contributed by atoms with E-state index in [1.54, 1.807) is 0 Å². The van der Waals surface area contributed by atoms with E-state index in [9.17, 15) is 10.2 Å². The molecule has 0 heterocycles. The summed E-state index contributed by atoms with van der Waals surface area (Å²) in [6, 6.07) is 19.8. The molecular weight excluding hydrogens is 274 g/mol. The maximum absolute atomic E-state index is 10.1. The number of aliphatic hydroxyl groups excluding tert-OH is 2. The van der Waals surface area contributed by atoms with E-state index in [1.807, 2.05) is 60.7 Å². The van der Waals surface area contributed by atoms with Gasteiger partial charge in [0, 0.05) is 13.1 Å². The van der Waals surface area contributed by atoms with Gasteiger partial charge in [-0.15, -0.1) is 6.58 Å². The Bertz CT molecular complexity index is 515. The van der Waals surface area contributed by atoms with E-state index in [2.05, 4.69) is 11.5 Å². The van der Waals surface area contributed by atoms with Crippen LogP contribution in [0.4, 0.5) is 0 Å². The summed E-state index contributed by atoms with van der Waals surface area (Å²) in [5.74, 6) is 0. The molecule has 0 saturated carbocycles. The zero-order valence-electron chi connectivity index (χ0n) is 12.7. The summed E-state index contributed by atoms with van der Waals surface area (Å²) in [7, 11) is 0. The van der Waals surface area contributed by atoms with Gasteiger partial charge in [-0.05, 0) is 11.1 Å². The quantitative estimate of drug-likeness (QED) is 0.736. The van der Waals surface area contributed by atoms with Crippen molar-refractivity contribution in [1.29, 1.82) is 0 Å². The van der Waals surface area contributed by atoms with Gasteiger partial charge in [-0.3, -0.25) is 4.90 Å². The van der Waals surface area contributed by atoms with Gasteiger partial charge in [-0.1, -0.05) is 66.7 Å². The van der Waals surface area contributed by atoms with Gasteiger partial charge in [0.2, 0.25) is 0 Å². The maximum atomic E-state index is 10.1. The van der Waals surface area contributed by atoms with Crippen molar-refractivity contribution in [2.24, 2.45) is 0 Å². The lowest BCUT2D eigenvalue weighted by molar-refractivity contribution is 0.0300. The Balaban J connectivity index is 2.21. The van der Waals surface area contributed by atoms with Crippen LogP contribution in [-0.4, -0.2) is 33.9 Å². The third kappa shape index (κ3) is 4.53. The lowest BCUT2D eigenvalue weighted by Gasteiger charge is -2.32. The molecule has 3 nitrogen and oxygen atoms in total. The molecule has 0 bridgehead atoms. The first-order valence-corrected chi connectivity index (χ1v) is 7.48. The molecule has 0 amide bonds. The molecule has 22 heavy (non-hydrogen) atoms. The minimum atomic E-state index is -0.766. The molecule has 0 spiro atoms. The fourth-order valence-corrected chi connectivity index (χ4v) is 2.52. The zero-order chi connectivity index (χ0) is 15.8. The van der Waals surface area contributed by atoms with Crippen LogP contribution in [0, 0.1) is 0 Å². The second-order valence-electron chi connectivity index (χ2n) is 5.35. The van der Waals surface area contributed by atoms with Crippen LogP contribution in [0.1, 0.15) is 11.1 Å². The van der Waals surface area contributed by atoms with Crippen molar-refractivity contribution in [3.63, 3.8) is 0 Å². The second-order valence-corrected chi connectivity index (χ2v) is 5.35. The highest BCUT2D eigenvalue weighted by atomic mass is 16.3. The van der Waals surface area contributed by atoms with Crippen molar-refractivity contribution in [2.45, 2.75) is 25.2 Å². The average molecular weight is 297 g/mol. The summed E-state index contributed by atoms with van der Waals surface area (Å²) >= 11 is 0. The standard InChI is InChI=1S/C19H23NO2/c1-2-19(22)18(15-21)20(13-16-9-5-3-6-10-16)14-17-11-7-4-8-12-17/h2-12,18-19,21-22H,1,13-15H2/t18-,19+/m0/s1. The first kappa shape index (κ1) is 16.4. The van der Waals surface area contributed by atoms with Gasteiger partial charge in [0.1, 0.15) is 0 Å². The zero-order valence-corrected chi connectivity index (χ0v) is 12.7. The molecule has 0 radical (unpaired) electrons. The Morgan fingerprint density at radius 2 is 1.36 bits per heavy atom. The SMILES string of the molecule is C=C[C@@H](O)[C@H](CO)N(Cc1ccccc1)Cc1ccccc1. The summed E-state index contributed by atoms with van der Waals surface area (Å²) in [5, 5.41) is 19.8. The topological polar surface area (TPSA) is 43.7 Å². The van der Waals surface area contributed by atoms with E-state index in [4.69, 9.17) is 0 Å². The predicted molar refractivity (Wildman–Crippen MR) is 89.2 cm³/mol. The van der Waals surface area contributed by atoms with Crippen LogP contribution in [0.5, 0.6) is 0 Å². The smallest absolute Gasteiger partial charge is 0.0896 e. The van der Waals surface area contributed by atoms with Gasteiger partial charge < -0.3 is 10.2 Å². The second kappa shape index (κ2) is 8.49. The molecular formula is C19H23NO2. The van der Waals surface area contributed by atoms with Gasteiger partial charge in [-0.2, -0.15) is 0 Å². The van der Waals surface area contributed by atoms with Gasteiger partial charge >= 0.3 is 0 Å². The Kier molecular flexibility index (Phi) is 6.34. The van der Waals surface area contributed by atoms with E-state index >= 15 is 0 Å². The Morgan fingerprint density at radius 3 is 1.73 bits per heavy atom. The number of aliphatic hydroxyl groups is 2. The molecule has 0 unspecified atom stereocenters. The summed E-state index contributed by atoms with van der Waals surface area (Å²) in [4.78, 5) is 2.08. The minimum absolute atomic E-state index is 0.118. The lowest BCUT2D eigenvalue weighted by atomic mass is 10.1. The molecule has 0 aliphatic rings. The largest absolute Gasteiger partial charge is 0.395 e. The highest BCUT2D eigenvalue weighted by molar-refractivity contribution is 5.17. The van der Waals surface area contributed by atoms with Gasteiger partial charge in [0.25, 0.3) is 0 Å². The highest BCUT2D eigenvalue weighted by Gasteiger charge is 2.23. The number of hydrogen-bond donors (Lipinski definition) is 2. The fourth-order valence-electron chi connectivity index (χ4n) is 2.52. The normalized spacial score (nSPS) is 13.8. The summed E-state index contributed by atoms with van der Waals surface area (Å²) in [6.07, 6.45) is 0.710. The molecule has 2 aromatic rings. The van der Waals surface area contributed by atoms with Crippen LogP contribution in [0.25, 0.3) is 0 Å². The maximum Gasteiger partial charge on any atom is 0.0896 e. The van der Waals surface area contributed by atoms with Gasteiger partial charge in [-0.25, -0.2) is 0 Å². The molecule has 0 aromatic heterocycles. The van der Waals surface area contributed by atoms with Crippen molar-refractivity contribution < 1.29 is 10.2 Å². The highest BCUT2D eigenvalue weighted by Crippen LogP contribution is 2.16. The Morgan fingerprint density at radius 1 is 0.909 bits per heavy atom. The molecule has 3 heteroatoms. The molecule has 2 rings (SSSR count). The number of rotatable bonds is 8. The van der Waals surface area contributed by atoms with E-state index < -0.39 is 6.10 Å². The lowest BCUT2D eigenvalue weighted by Crippen LogP contribution is -2.44. The van der Waals surface area contributed by atoms with Crippen molar-refractivity contribution in [3.05, 3.63) is 84.4 Å². The molecule has 0 saturated heterocycles. The van der Waals surface area contributed by atoms with Crippen molar-refractivity contribution in [2.75, 3.05) is 6.61 Å². The number of hydrogen-bond acceptors (Lipinski definition) is 3. The number of benzene rings is 2. The first-order valence-electron chi connectivity index (χ1n) is 7.48. The van der Waals surface area contributed by atoms with Crippen LogP contribution in [0.2, 0.25) is 0 Å². The van der Waals surface area contributed by atoms with Gasteiger partial charge in [0.15, 0.2) is 0 Å². The molecule has 2 N–H and O–H groups in total. The van der Waals surface area contributed by atoms with Crippen molar-refractivity contribution in [3.8, 4) is 0 Å². The van der Waals surface area contributed by atoms with Gasteiger partial charge in [0.05, 0.1) is 18.8 Å². The Labute approximate surface area is 132 Å². The molecule has 2 atom stereocenters. The molecule has 0 aliphatic carbocycles. The number of nitrogens with zero attached hydrogens (tertiary/aromatic N) is 1. The molecule has 0 aliphatic heterocycles. The van der Waals surface area contributed by atoms with Crippen LogP contribution in [0.3, 0.4) is 0 Å². The molecule has 116 valence electrons. The summed E-state index contributed by atoms with van der Waals surface area (Å²) < 4.78 is 0. The van der Waals surface area contributed by atoms with E-state index in [0.717, 1.165) is 11.1 Å². The average Bonchev–Trinajstić information content (AvgIpc) is 2.57. The summed E-state index contributed by atoms with van der Waals surface area (Å²) in [5.41, 5.74) is 2.29. The van der Waals surface area contributed by atoms with E-state index in [-0.39, 0.29) is 12.6 Å². The fraction of sp³-hybridized carbons (Fsp3) is 0.263. The van der Waals surface area contributed by atoms with Crippen molar-refractivity contribution in [1.82, 2.24) is 4.90 Å². The third-order valence-corrected chi connectivity index (χ3v) is 3.75. The Hall–Kier alpha value is -1.94.